The van der Waals surface area contributed by atoms with Crippen LogP contribution < -0.4 is 10.6 Å². The fraction of sp³-hybridized carbons (Fsp3) is 0.562. The Morgan fingerprint density at radius 3 is 2.39 bits per heavy atom. The summed E-state index contributed by atoms with van der Waals surface area (Å²) in [5.74, 6) is -0.378. The highest BCUT2D eigenvalue weighted by atomic mass is 35.5. The maximum absolute atomic E-state index is 12.5. The lowest BCUT2D eigenvalue weighted by Gasteiger charge is -2.46. The summed E-state index contributed by atoms with van der Waals surface area (Å²) in [5.41, 5.74) is -0.223. The van der Waals surface area contributed by atoms with E-state index in [9.17, 15) is 14.9 Å². The highest BCUT2D eigenvalue weighted by Crippen LogP contribution is 2.29. The lowest BCUT2D eigenvalue weighted by Crippen LogP contribution is -2.62. The molecule has 1 aromatic carbocycles. The molecule has 0 aliphatic carbocycles. The summed E-state index contributed by atoms with van der Waals surface area (Å²) in [6, 6.07) is 3.86. The molecule has 1 aromatic rings. The number of piperidine rings is 1. The van der Waals surface area contributed by atoms with E-state index in [4.69, 9.17) is 11.6 Å². The molecular formula is C16H22ClN3O3. The zero-order chi connectivity index (χ0) is 17.4. The molecule has 0 aromatic heterocycles. The first-order chi connectivity index (χ1) is 10.5. The summed E-state index contributed by atoms with van der Waals surface area (Å²) in [4.78, 5) is 22.8. The Bertz CT molecular complexity index is 627. The van der Waals surface area contributed by atoms with Gasteiger partial charge in [0, 0.05) is 29.3 Å². The van der Waals surface area contributed by atoms with E-state index in [1.807, 2.05) is 0 Å². The van der Waals surface area contributed by atoms with Gasteiger partial charge >= 0.3 is 0 Å². The number of hydrogen-bond acceptors (Lipinski definition) is 4. The van der Waals surface area contributed by atoms with Crippen LogP contribution in [-0.2, 0) is 0 Å². The average molecular weight is 340 g/mol. The van der Waals surface area contributed by atoms with Crippen molar-refractivity contribution in [3.63, 3.8) is 0 Å². The Balaban J connectivity index is 2.19. The van der Waals surface area contributed by atoms with E-state index in [1.165, 1.54) is 18.2 Å². The number of non-ortho nitro benzene ring substituents is 1. The third-order valence-corrected chi connectivity index (χ3v) is 4.26. The van der Waals surface area contributed by atoms with Crippen molar-refractivity contribution in [3.05, 3.63) is 38.9 Å². The van der Waals surface area contributed by atoms with Gasteiger partial charge in [-0.15, -0.1) is 0 Å². The Kier molecular flexibility index (Phi) is 4.69. The number of nitrogens with zero attached hydrogens (tertiary/aromatic N) is 1. The number of benzene rings is 1. The van der Waals surface area contributed by atoms with E-state index >= 15 is 0 Å². The van der Waals surface area contributed by atoms with Crippen LogP contribution in [0.1, 0.15) is 50.9 Å². The van der Waals surface area contributed by atoms with Crippen LogP contribution in [-0.4, -0.2) is 28.0 Å². The maximum atomic E-state index is 12.5. The number of nitro benzene ring substituents is 1. The van der Waals surface area contributed by atoms with Gasteiger partial charge in [-0.1, -0.05) is 11.6 Å². The van der Waals surface area contributed by atoms with Crippen LogP contribution in [0.5, 0.6) is 0 Å². The minimum atomic E-state index is -0.538. The van der Waals surface area contributed by atoms with E-state index in [-0.39, 0.29) is 39.3 Å². The fourth-order valence-corrected chi connectivity index (χ4v) is 3.69. The fourth-order valence-electron chi connectivity index (χ4n) is 3.49. The molecule has 1 aliphatic heterocycles. The average Bonchev–Trinajstić information content (AvgIpc) is 2.34. The van der Waals surface area contributed by atoms with Gasteiger partial charge in [-0.2, -0.15) is 0 Å². The summed E-state index contributed by atoms with van der Waals surface area (Å²) >= 11 is 6.03. The van der Waals surface area contributed by atoms with Crippen LogP contribution in [0.4, 0.5) is 5.69 Å². The van der Waals surface area contributed by atoms with Gasteiger partial charge in [-0.25, -0.2) is 0 Å². The van der Waals surface area contributed by atoms with E-state index in [0.29, 0.717) is 0 Å². The van der Waals surface area contributed by atoms with Gasteiger partial charge in [0.2, 0.25) is 0 Å². The second-order valence-corrected chi connectivity index (χ2v) is 7.80. The third-order valence-electron chi connectivity index (χ3n) is 3.93. The molecular weight excluding hydrogens is 318 g/mol. The van der Waals surface area contributed by atoms with Gasteiger partial charge in [0.1, 0.15) is 0 Å². The molecule has 2 rings (SSSR count). The van der Waals surface area contributed by atoms with Gasteiger partial charge in [0.05, 0.1) is 15.5 Å². The van der Waals surface area contributed by atoms with Crippen LogP contribution in [0, 0.1) is 10.1 Å². The number of nitrogens with one attached hydrogen (secondary N) is 2. The molecule has 1 amide bonds. The van der Waals surface area contributed by atoms with Crippen molar-refractivity contribution in [1.29, 1.82) is 0 Å². The lowest BCUT2D eigenvalue weighted by molar-refractivity contribution is -0.384. The lowest BCUT2D eigenvalue weighted by atomic mass is 9.79. The summed E-state index contributed by atoms with van der Waals surface area (Å²) in [5, 5.41) is 17.6. The highest BCUT2D eigenvalue weighted by molar-refractivity contribution is 6.33. The molecule has 1 fully saturated rings. The Hall–Kier alpha value is -1.66. The van der Waals surface area contributed by atoms with E-state index in [2.05, 4.69) is 38.3 Å². The predicted molar refractivity (Wildman–Crippen MR) is 89.9 cm³/mol. The Morgan fingerprint density at radius 1 is 1.30 bits per heavy atom. The summed E-state index contributed by atoms with van der Waals surface area (Å²) in [6.45, 7) is 8.36. The minimum Gasteiger partial charge on any atom is -0.349 e. The van der Waals surface area contributed by atoms with Crippen molar-refractivity contribution < 1.29 is 9.72 Å². The number of halogens is 1. The molecule has 0 bridgehead atoms. The summed E-state index contributed by atoms with van der Waals surface area (Å²) < 4.78 is 0. The number of hydrogen-bond donors (Lipinski definition) is 2. The molecule has 1 saturated heterocycles. The van der Waals surface area contributed by atoms with Gasteiger partial charge in [0.25, 0.3) is 11.6 Å². The molecule has 126 valence electrons. The molecule has 6 nitrogen and oxygen atoms in total. The van der Waals surface area contributed by atoms with Crippen molar-refractivity contribution in [2.45, 2.75) is 57.7 Å². The minimum absolute atomic E-state index is 0.0240. The van der Waals surface area contributed by atoms with Crippen molar-refractivity contribution in [3.8, 4) is 0 Å². The van der Waals surface area contributed by atoms with E-state index in [1.54, 1.807) is 0 Å². The molecule has 23 heavy (non-hydrogen) atoms. The predicted octanol–water partition coefficient (Wildman–Crippen LogP) is 3.29. The van der Waals surface area contributed by atoms with Gasteiger partial charge in [0.15, 0.2) is 0 Å². The Morgan fingerprint density at radius 2 is 1.87 bits per heavy atom. The molecule has 1 heterocycles. The van der Waals surface area contributed by atoms with Crippen LogP contribution in [0.2, 0.25) is 5.02 Å². The third kappa shape index (κ3) is 4.42. The first-order valence-corrected chi connectivity index (χ1v) is 7.91. The molecule has 7 heteroatoms. The van der Waals surface area contributed by atoms with Gasteiger partial charge < -0.3 is 10.6 Å². The second kappa shape index (κ2) is 6.09. The van der Waals surface area contributed by atoms with Crippen LogP contribution >= 0.6 is 11.6 Å². The quantitative estimate of drug-likeness (QED) is 0.653. The molecule has 2 N–H and O–H groups in total. The molecule has 0 spiro atoms. The second-order valence-electron chi connectivity index (χ2n) is 7.39. The molecule has 0 atom stereocenters. The van der Waals surface area contributed by atoms with E-state index < -0.39 is 4.92 Å². The SMILES string of the molecule is CC1(C)CC(NC(=O)c2cc([N+](=O)[O-])ccc2Cl)CC(C)(C)N1. The zero-order valence-electron chi connectivity index (χ0n) is 13.8. The topological polar surface area (TPSA) is 84.3 Å². The number of rotatable bonds is 3. The summed E-state index contributed by atoms with van der Waals surface area (Å²) in [6.07, 6.45) is 1.55. The highest BCUT2D eigenvalue weighted by Gasteiger charge is 2.38. The monoisotopic (exact) mass is 339 g/mol. The van der Waals surface area contributed by atoms with E-state index in [0.717, 1.165) is 12.8 Å². The maximum Gasteiger partial charge on any atom is 0.270 e. The first-order valence-electron chi connectivity index (χ1n) is 7.53. The smallest absolute Gasteiger partial charge is 0.270 e. The number of carbonyl (C=O) groups excluding carboxylic acids is 1. The molecule has 0 saturated carbocycles. The molecule has 0 radical (unpaired) electrons. The first kappa shape index (κ1) is 17.7. The van der Waals surface area contributed by atoms with Crippen LogP contribution in [0.15, 0.2) is 18.2 Å². The molecule has 0 unspecified atom stereocenters. The number of carbonyl (C=O) groups is 1. The van der Waals surface area contributed by atoms with Crippen molar-refractivity contribution >= 4 is 23.2 Å². The van der Waals surface area contributed by atoms with Crippen molar-refractivity contribution in [2.24, 2.45) is 0 Å². The molecule has 1 aliphatic rings. The van der Waals surface area contributed by atoms with Crippen LogP contribution in [0.25, 0.3) is 0 Å². The van der Waals surface area contributed by atoms with Crippen molar-refractivity contribution in [1.82, 2.24) is 10.6 Å². The van der Waals surface area contributed by atoms with Crippen LogP contribution in [0.3, 0.4) is 0 Å². The number of amides is 1. The van der Waals surface area contributed by atoms with Gasteiger partial charge in [-0.3, -0.25) is 14.9 Å². The van der Waals surface area contributed by atoms with Gasteiger partial charge in [-0.05, 0) is 46.6 Å². The standard InChI is InChI=1S/C16H22ClN3O3/c1-15(2)8-10(9-16(3,4)19-15)18-14(21)12-7-11(20(22)23)5-6-13(12)17/h5-7,10,19H,8-9H2,1-4H3,(H,18,21). The van der Waals surface area contributed by atoms with Crippen molar-refractivity contribution in [2.75, 3.05) is 0 Å². The summed E-state index contributed by atoms with van der Waals surface area (Å²) in [7, 11) is 0. The zero-order valence-corrected chi connectivity index (χ0v) is 14.5. The Labute approximate surface area is 140 Å². The number of nitro groups is 1. The normalized spacial score (nSPS) is 20.0. The largest absolute Gasteiger partial charge is 0.349 e.